The molecule has 132 valence electrons. The molecule has 1 aromatic heterocycles. The fourth-order valence-electron chi connectivity index (χ4n) is 3.17. The van der Waals surface area contributed by atoms with E-state index < -0.39 is 0 Å². The van der Waals surface area contributed by atoms with Crippen molar-refractivity contribution >= 4 is 5.78 Å². The van der Waals surface area contributed by atoms with Crippen molar-refractivity contribution in [2.45, 2.75) is 32.6 Å². The summed E-state index contributed by atoms with van der Waals surface area (Å²) in [6, 6.07) is 18.7. The molecule has 0 unspecified atom stereocenters. The molecule has 3 heteroatoms. The fourth-order valence-corrected chi connectivity index (χ4v) is 3.17. The Kier molecular flexibility index (Phi) is 5.57. The summed E-state index contributed by atoms with van der Waals surface area (Å²) in [7, 11) is 0. The molecule has 26 heavy (non-hydrogen) atoms. The topological polar surface area (TPSA) is 30.0 Å². The summed E-state index contributed by atoms with van der Waals surface area (Å²) in [6.45, 7) is 3.86. The van der Waals surface area contributed by atoms with Gasteiger partial charge in [0.15, 0.2) is 0 Å². The molecule has 0 saturated carbocycles. The van der Waals surface area contributed by atoms with Crippen LogP contribution in [0.25, 0.3) is 11.1 Å². The maximum Gasteiger partial charge on any atom is 0.137 e. The lowest BCUT2D eigenvalue weighted by atomic mass is 9.93. The lowest BCUT2D eigenvalue weighted by Crippen LogP contribution is -2.08. The lowest BCUT2D eigenvalue weighted by molar-refractivity contribution is -0.118. The average molecular weight is 347 g/mol. The number of nitrogens with zero attached hydrogens (tertiary/aromatic N) is 1. The van der Waals surface area contributed by atoms with E-state index in [9.17, 15) is 9.18 Å². The Labute approximate surface area is 153 Å². The van der Waals surface area contributed by atoms with Gasteiger partial charge in [-0.2, -0.15) is 0 Å². The summed E-state index contributed by atoms with van der Waals surface area (Å²) in [4.78, 5) is 16.6. The molecule has 0 aliphatic heterocycles. The first kappa shape index (κ1) is 18.0. The molecule has 0 spiro atoms. The highest BCUT2D eigenvalue weighted by Crippen LogP contribution is 2.24. The second kappa shape index (κ2) is 8.05. The van der Waals surface area contributed by atoms with E-state index in [1.54, 1.807) is 24.4 Å². The summed E-state index contributed by atoms with van der Waals surface area (Å²) in [5.41, 5.74) is 4.77. The molecule has 3 aromatic rings. The van der Waals surface area contributed by atoms with E-state index in [-0.39, 0.29) is 17.5 Å². The minimum Gasteiger partial charge on any atom is -0.299 e. The van der Waals surface area contributed by atoms with Crippen LogP contribution in [-0.4, -0.2) is 10.8 Å². The van der Waals surface area contributed by atoms with Crippen molar-refractivity contribution in [3.05, 3.63) is 89.5 Å². The van der Waals surface area contributed by atoms with E-state index >= 15 is 0 Å². The molecule has 0 bridgehead atoms. The highest BCUT2D eigenvalue weighted by atomic mass is 19.1. The standard InChI is InChI=1S/C23H22FNO/c1-16(22-5-3-4-6-23(22)24)13-21(26)15-18-7-9-19(10-8-18)20-11-12-25-17(2)14-20/h3-12,14,16H,13,15H2,1-2H3/t16-/m1/s1. The molecule has 0 amide bonds. The van der Waals surface area contributed by atoms with Crippen LogP contribution >= 0.6 is 0 Å². The number of rotatable bonds is 6. The van der Waals surface area contributed by atoms with Gasteiger partial charge in [-0.05, 0) is 53.3 Å². The summed E-state index contributed by atoms with van der Waals surface area (Å²) < 4.78 is 13.8. The summed E-state index contributed by atoms with van der Waals surface area (Å²) in [5, 5.41) is 0. The minimum atomic E-state index is -0.246. The Morgan fingerprint density at radius 1 is 1.04 bits per heavy atom. The molecule has 2 nitrogen and oxygen atoms in total. The van der Waals surface area contributed by atoms with Crippen LogP contribution in [-0.2, 0) is 11.2 Å². The zero-order valence-corrected chi connectivity index (χ0v) is 15.1. The molecule has 0 fully saturated rings. The second-order valence-electron chi connectivity index (χ2n) is 6.72. The fraction of sp³-hybridized carbons (Fsp3) is 0.217. The Morgan fingerprint density at radius 3 is 2.46 bits per heavy atom. The minimum absolute atomic E-state index is 0.119. The maximum absolute atomic E-state index is 13.8. The van der Waals surface area contributed by atoms with Crippen LogP contribution in [0, 0.1) is 12.7 Å². The predicted molar refractivity (Wildman–Crippen MR) is 103 cm³/mol. The molecule has 0 N–H and O–H groups in total. The van der Waals surface area contributed by atoms with Crippen LogP contribution in [0.1, 0.15) is 36.1 Å². The largest absolute Gasteiger partial charge is 0.299 e. The number of carbonyl (C=O) groups is 1. The van der Waals surface area contributed by atoms with E-state index in [4.69, 9.17) is 0 Å². The molecule has 0 saturated heterocycles. The van der Waals surface area contributed by atoms with E-state index in [0.29, 0.717) is 18.4 Å². The molecule has 1 atom stereocenters. The van der Waals surface area contributed by atoms with Crippen molar-refractivity contribution in [3.63, 3.8) is 0 Å². The lowest BCUT2D eigenvalue weighted by Gasteiger charge is -2.12. The third kappa shape index (κ3) is 4.42. The van der Waals surface area contributed by atoms with Crippen molar-refractivity contribution in [3.8, 4) is 11.1 Å². The quantitative estimate of drug-likeness (QED) is 0.589. The van der Waals surface area contributed by atoms with Crippen molar-refractivity contribution < 1.29 is 9.18 Å². The highest BCUT2D eigenvalue weighted by molar-refractivity contribution is 5.82. The molecular weight excluding hydrogens is 325 g/mol. The monoisotopic (exact) mass is 347 g/mol. The van der Waals surface area contributed by atoms with Gasteiger partial charge < -0.3 is 0 Å². The second-order valence-corrected chi connectivity index (χ2v) is 6.72. The van der Waals surface area contributed by atoms with Crippen molar-refractivity contribution in [2.24, 2.45) is 0 Å². The number of halogens is 1. The van der Waals surface area contributed by atoms with Gasteiger partial charge in [-0.1, -0.05) is 49.4 Å². The van der Waals surface area contributed by atoms with Gasteiger partial charge in [0, 0.05) is 24.7 Å². The van der Waals surface area contributed by atoms with Gasteiger partial charge in [-0.3, -0.25) is 9.78 Å². The van der Waals surface area contributed by atoms with Crippen LogP contribution in [0.5, 0.6) is 0 Å². The van der Waals surface area contributed by atoms with Gasteiger partial charge in [0.25, 0.3) is 0 Å². The molecular formula is C23H22FNO. The number of hydrogen-bond acceptors (Lipinski definition) is 2. The molecule has 0 aliphatic rings. The number of Topliss-reactive ketones (excluding diaryl/α,β-unsaturated/α-hetero) is 1. The molecule has 3 rings (SSSR count). The smallest absolute Gasteiger partial charge is 0.137 e. The van der Waals surface area contributed by atoms with Gasteiger partial charge in [0.2, 0.25) is 0 Å². The number of carbonyl (C=O) groups excluding carboxylic acids is 1. The van der Waals surface area contributed by atoms with Crippen molar-refractivity contribution in [1.82, 2.24) is 4.98 Å². The Bertz CT molecular complexity index is 902. The molecule has 0 radical (unpaired) electrons. The first-order valence-corrected chi connectivity index (χ1v) is 8.81. The number of aromatic nitrogens is 1. The predicted octanol–water partition coefficient (Wildman–Crippen LogP) is 5.50. The number of aryl methyl sites for hydroxylation is 1. The molecule has 0 aliphatic carbocycles. The van der Waals surface area contributed by atoms with Crippen LogP contribution in [0.15, 0.2) is 66.9 Å². The van der Waals surface area contributed by atoms with Gasteiger partial charge in [0.1, 0.15) is 11.6 Å². The summed E-state index contributed by atoms with van der Waals surface area (Å²) >= 11 is 0. The van der Waals surface area contributed by atoms with E-state index in [2.05, 4.69) is 4.98 Å². The average Bonchev–Trinajstić information content (AvgIpc) is 2.62. The Morgan fingerprint density at radius 2 is 1.77 bits per heavy atom. The van der Waals surface area contributed by atoms with E-state index in [1.165, 1.54) is 6.07 Å². The number of pyridine rings is 1. The van der Waals surface area contributed by atoms with Crippen LogP contribution in [0.2, 0.25) is 0 Å². The van der Waals surface area contributed by atoms with Gasteiger partial charge in [0.05, 0.1) is 0 Å². The Hall–Kier alpha value is -2.81. The van der Waals surface area contributed by atoms with Gasteiger partial charge in [-0.25, -0.2) is 4.39 Å². The van der Waals surface area contributed by atoms with Crippen LogP contribution in [0.3, 0.4) is 0 Å². The maximum atomic E-state index is 13.8. The zero-order valence-electron chi connectivity index (χ0n) is 15.1. The van der Waals surface area contributed by atoms with Crippen LogP contribution in [0.4, 0.5) is 4.39 Å². The van der Waals surface area contributed by atoms with Crippen molar-refractivity contribution in [1.29, 1.82) is 0 Å². The summed E-state index contributed by atoms with van der Waals surface area (Å²) in [5.74, 6) is -0.249. The van der Waals surface area contributed by atoms with Crippen molar-refractivity contribution in [2.75, 3.05) is 0 Å². The summed E-state index contributed by atoms with van der Waals surface area (Å²) in [6.07, 6.45) is 2.51. The highest BCUT2D eigenvalue weighted by Gasteiger charge is 2.15. The first-order valence-electron chi connectivity index (χ1n) is 8.81. The molecule has 1 heterocycles. The molecule has 2 aromatic carbocycles. The van der Waals surface area contributed by atoms with E-state index in [0.717, 1.165) is 22.4 Å². The zero-order chi connectivity index (χ0) is 18.5. The number of benzene rings is 2. The van der Waals surface area contributed by atoms with Crippen LogP contribution < -0.4 is 0 Å². The van der Waals surface area contributed by atoms with E-state index in [1.807, 2.05) is 50.2 Å². The van der Waals surface area contributed by atoms with Gasteiger partial charge in [-0.15, -0.1) is 0 Å². The number of hydrogen-bond donors (Lipinski definition) is 0. The Balaban J connectivity index is 1.64. The third-order valence-corrected chi connectivity index (χ3v) is 4.56. The normalized spacial score (nSPS) is 12.0. The first-order chi connectivity index (χ1) is 12.5. The third-order valence-electron chi connectivity index (χ3n) is 4.56. The number of ketones is 1. The SMILES string of the molecule is Cc1cc(-c2ccc(CC(=O)C[C@@H](C)c3ccccc3F)cc2)ccn1. The van der Waals surface area contributed by atoms with Gasteiger partial charge >= 0.3 is 0 Å².